The van der Waals surface area contributed by atoms with Crippen molar-refractivity contribution in [2.75, 3.05) is 5.32 Å². The minimum absolute atomic E-state index is 0.188. The van der Waals surface area contributed by atoms with Gasteiger partial charge in [0.15, 0.2) is 0 Å². The summed E-state index contributed by atoms with van der Waals surface area (Å²) in [6.45, 7) is 7.64. The fourth-order valence-corrected chi connectivity index (χ4v) is 3.51. The summed E-state index contributed by atoms with van der Waals surface area (Å²) in [6.07, 6.45) is 2.96. The Balaban J connectivity index is 1.60. The molecule has 0 spiro atoms. The lowest BCUT2D eigenvalue weighted by Crippen LogP contribution is -2.28. The summed E-state index contributed by atoms with van der Waals surface area (Å²) in [7, 11) is 0. The summed E-state index contributed by atoms with van der Waals surface area (Å²) < 4.78 is 8.23. The topological polar surface area (TPSA) is 90.5 Å². The predicted octanol–water partition coefficient (Wildman–Crippen LogP) is 3.56. The average Bonchev–Trinajstić information content (AvgIpc) is 3.03. The molecule has 1 amide bonds. The molecule has 4 aromatic rings. The fraction of sp³-hybridized carbons (Fsp3) is 0.217. The second kappa shape index (κ2) is 8.06. The van der Waals surface area contributed by atoms with Gasteiger partial charge in [-0.25, -0.2) is 18.9 Å². The Labute approximate surface area is 179 Å². The summed E-state index contributed by atoms with van der Waals surface area (Å²) in [6, 6.07) is 11.5. The SMILES string of the molecule is Cc1ccc(Oc2nccn3c(=O)n(CC(=O)Nc4c(C)cc(C)cc4C)nc23)cc1. The van der Waals surface area contributed by atoms with Crippen LogP contribution >= 0.6 is 0 Å². The van der Waals surface area contributed by atoms with Crippen molar-refractivity contribution in [3.63, 3.8) is 0 Å². The quantitative estimate of drug-likeness (QED) is 0.536. The van der Waals surface area contributed by atoms with Gasteiger partial charge in [0.25, 0.3) is 5.88 Å². The van der Waals surface area contributed by atoms with Gasteiger partial charge in [-0.15, -0.1) is 5.10 Å². The zero-order valence-corrected chi connectivity index (χ0v) is 17.8. The molecule has 0 radical (unpaired) electrons. The number of hydrogen-bond donors (Lipinski definition) is 1. The highest BCUT2D eigenvalue weighted by atomic mass is 16.5. The van der Waals surface area contributed by atoms with E-state index in [9.17, 15) is 9.59 Å². The number of amides is 1. The maximum absolute atomic E-state index is 12.7. The van der Waals surface area contributed by atoms with E-state index in [1.54, 1.807) is 0 Å². The third kappa shape index (κ3) is 4.18. The third-order valence-corrected chi connectivity index (χ3v) is 4.94. The van der Waals surface area contributed by atoms with Crippen LogP contribution in [0, 0.1) is 27.7 Å². The Bertz CT molecular complexity index is 1310. The van der Waals surface area contributed by atoms with Crippen molar-refractivity contribution < 1.29 is 9.53 Å². The summed E-state index contributed by atoms with van der Waals surface area (Å²) in [5.41, 5.74) is 4.69. The van der Waals surface area contributed by atoms with Crippen molar-refractivity contribution in [2.45, 2.75) is 34.2 Å². The van der Waals surface area contributed by atoms with Crippen LogP contribution in [0.1, 0.15) is 22.3 Å². The van der Waals surface area contributed by atoms with Crippen LogP contribution in [-0.2, 0) is 11.3 Å². The van der Waals surface area contributed by atoms with Crippen molar-refractivity contribution in [1.29, 1.82) is 0 Å². The number of anilines is 1. The highest BCUT2D eigenvalue weighted by Gasteiger charge is 2.16. The lowest BCUT2D eigenvalue weighted by atomic mass is 10.1. The van der Waals surface area contributed by atoms with Gasteiger partial charge in [-0.1, -0.05) is 35.4 Å². The van der Waals surface area contributed by atoms with Gasteiger partial charge in [0.2, 0.25) is 11.6 Å². The second-order valence-electron chi connectivity index (χ2n) is 7.60. The van der Waals surface area contributed by atoms with Crippen LogP contribution in [0.4, 0.5) is 5.69 Å². The second-order valence-corrected chi connectivity index (χ2v) is 7.60. The number of aryl methyl sites for hydroxylation is 4. The van der Waals surface area contributed by atoms with Gasteiger partial charge in [0.05, 0.1) is 0 Å². The van der Waals surface area contributed by atoms with Gasteiger partial charge in [-0.05, 0) is 51.0 Å². The Kier molecular flexibility index (Phi) is 5.29. The number of benzene rings is 2. The maximum Gasteiger partial charge on any atom is 0.351 e. The summed E-state index contributed by atoms with van der Waals surface area (Å²) in [5, 5.41) is 7.18. The summed E-state index contributed by atoms with van der Waals surface area (Å²) in [4.78, 5) is 29.6. The smallest absolute Gasteiger partial charge is 0.351 e. The number of nitrogens with zero attached hydrogens (tertiary/aromatic N) is 4. The summed E-state index contributed by atoms with van der Waals surface area (Å²) in [5.74, 6) is 0.429. The van der Waals surface area contributed by atoms with Crippen LogP contribution in [0.2, 0.25) is 0 Å². The zero-order valence-electron chi connectivity index (χ0n) is 17.8. The molecule has 158 valence electrons. The van der Waals surface area contributed by atoms with E-state index in [1.165, 1.54) is 16.8 Å². The lowest BCUT2D eigenvalue weighted by Gasteiger charge is -2.12. The molecule has 0 saturated carbocycles. The number of aromatic nitrogens is 4. The molecule has 0 aliphatic rings. The largest absolute Gasteiger partial charge is 0.436 e. The molecule has 8 heteroatoms. The van der Waals surface area contributed by atoms with E-state index in [0.717, 1.165) is 32.6 Å². The van der Waals surface area contributed by atoms with E-state index in [-0.39, 0.29) is 24.0 Å². The lowest BCUT2D eigenvalue weighted by molar-refractivity contribution is -0.117. The minimum Gasteiger partial charge on any atom is -0.436 e. The average molecular weight is 417 g/mol. The number of hydrogen-bond acceptors (Lipinski definition) is 5. The van der Waals surface area contributed by atoms with E-state index in [2.05, 4.69) is 15.4 Å². The molecule has 2 aromatic carbocycles. The van der Waals surface area contributed by atoms with Crippen LogP contribution in [0.15, 0.2) is 53.6 Å². The fourth-order valence-electron chi connectivity index (χ4n) is 3.51. The monoisotopic (exact) mass is 417 g/mol. The summed E-state index contributed by atoms with van der Waals surface area (Å²) >= 11 is 0. The standard InChI is InChI=1S/C23H23N5O3/c1-14-5-7-18(8-6-14)31-22-21-26-28(23(30)27(21)10-9-24-22)13-19(29)25-20-16(3)11-15(2)12-17(20)4/h5-12H,13H2,1-4H3,(H,25,29). The van der Waals surface area contributed by atoms with Crippen molar-refractivity contribution in [3.8, 4) is 11.6 Å². The van der Waals surface area contributed by atoms with E-state index in [1.807, 2.05) is 64.1 Å². The van der Waals surface area contributed by atoms with Crippen molar-refractivity contribution >= 4 is 17.2 Å². The van der Waals surface area contributed by atoms with Crippen LogP contribution in [0.3, 0.4) is 0 Å². The van der Waals surface area contributed by atoms with E-state index >= 15 is 0 Å². The van der Waals surface area contributed by atoms with Gasteiger partial charge in [-0.2, -0.15) is 0 Å². The highest BCUT2D eigenvalue weighted by molar-refractivity contribution is 5.92. The molecular weight excluding hydrogens is 394 g/mol. The molecule has 2 heterocycles. The van der Waals surface area contributed by atoms with E-state index in [4.69, 9.17) is 4.74 Å². The maximum atomic E-state index is 12.7. The Hall–Kier alpha value is -3.94. The number of rotatable bonds is 5. The minimum atomic E-state index is -0.446. The van der Waals surface area contributed by atoms with Crippen LogP contribution < -0.4 is 15.7 Å². The number of fused-ring (bicyclic) bond motifs is 1. The molecule has 4 rings (SSSR count). The van der Waals surface area contributed by atoms with Gasteiger partial charge in [0.1, 0.15) is 12.3 Å². The normalized spacial score (nSPS) is 11.0. The molecular formula is C23H23N5O3. The van der Waals surface area contributed by atoms with E-state index < -0.39 is 5.69 Å². The van der Waals surface area contributed by atoms with Crippen molar-refractivity contribution in [2.24, 2.45) is 0 Å². The highest BCUT2D eigenvalue weighted by Crippen LogP contribution is 2.23. The first kappa shape index (κ1) is 20.3. The molecule has 2 aromatic heterocycles. The van der Waals surface area contributed by atoms with Crippen LogP contribution in [0.5, 0.6) is 11.6 Å². The van der Waals surface area contributed by atoms with Crippen molar-refractivity contribution in [3.05, 3.63) is 81.5 Å². The molecule has 0 saturated heterocycles. The molecule has 8 nitrogen and oxygen atoms in total. The third-order valence-electron chi connectivity index (χ3n) is 4.94. The first-order chi connectivity index (χ1) is 14.8. The molecule has 0 bridgehead atoms. The molecule has 0 aliphatic heterocycles. The number of carbonyl (C=O) groups is 1. The molecule has 31 heavy (non-hydrogen) atoms. The first-order valence-electron chi connectivity index (χ1n) is 9.88. The molecule has 0 aliphatic carbocycles. The molecule has 0 unspecified atom stereocenters. The molecule has 0 atom stereocenters. The first-order valence-corrected chi connectivity index (χ1v) is 9.88. The Morgan fingerprint density at radius 1 is 1.03 bits per heavy atom. The van der Waals surface area contributed by atoms with Gasteiger partial charge >= 0.3 is 5.69 Å². The predicted molar refractivity (Wildman–Crippen MR) is 118 cm³/mol. The number of ether oxygens (including phenoxy) is 1. The van der Waals surface area contributed by atoms with E-state index in [0.29, 0.717) is 5.75 Å². The zero-order chi connectivity index (χ0) is 22.1. The van der Waals surface area contributed by atoms with Gasteiger partial charge in [-0.3, -0.25) is 4.79 Å². The van der Waals surface area contributed by atoms with Gasteiger partial charge < -0.3 is 10.1 Å². The Morgan fingerprint density at radius 2 is 1.71 bits per heavy atom. The van der Waals surface area contributed by atoms with Crippen molar-refractivity contribution in [1.82, 2.24) is 19.2 Å². The molecule has 1 N–H and O–H groups in total. The van der Waals surface area contributed by atoms with Gasteiger partial charge in [0, 0.05) is 18.1 Å². The van der Waals surface area contributed by atoms with Crippen LogP contribution in [-0.4, -0.2) is 25.1 Å². The number of carbonyl (C=O) groups excluding carboxylic acids is 1. The number of nitrogens with one attached hydrogen (secondary N) is 1. The molecule has 0 fully saturated rings. The Morgan fingerprint density at radius 3 is 2.39 bits per heavy atom. The van der Waals surface area contributed by atoms with Crippen LogP contribution in [0.25, 0.3) is 5.65 Å².